The van der Waals surface area contributed by atoms with Crippen molar-refractivity contribution in [1.82, 2.24) is 14.8 Å². The third-order valence-corrected chi connectivity index (χ3v) is 5.93. The summed E-state index contributed by atoms with van der Waals surface area (Å²) in [6, 6.07) is 26.7. The van der Waals surface area contributed by atoms with Crippen LogP contribution in [-0.4, -0.2) is 14.8 Å². The predicted molar refractivity (Wildman–Crippen MR) is 117 cm³/mol. The Bertz CT molecular complexity index is 1060. The molecular formula is C23H20ClN3S. The molecule has 3 nitrogen and oxygen atoms in total. The van der Waals surface area contributed by atoms with Crippen LogP contribution in [0.4, 0.5) is 0 Å². The summed E-state index contributed by atoms with van der Waals surface area (Å²) in [6.45, 7) is 2.16. The Hall–Kier alpha value is -2.56. The number of halogens is 1. The number of benzene rings is 3. The lowest BCUT2D eigenvalue weighted by Gasteiger charge is -2.11. The van der Waals surface area contributed by atoms with E-state index in [4.69, 9.17) is 11.6 Å². The molecule has 0 atom stereocenters. The zero-order valence-electron chi connectivity index (χ0n) is 15.5. The first-order chi connectivity index (χ1) is 13.8. The molecule has 5 heteroatoms. The van der Waals surface area contributed by atoms with Crippen LogP contribution in [0.25, 0.3) is 17.1 Å². The highest BCUT2D eigenvalue weighted by Gasteiger charge is 2.16. The van der Waals surface area contributed by atoms with Crippen molar-refractivity contribution < 1.29 is 0 Å². The minimum Gasteiger partial charge on any atom is -0.270 e. The van der Waals surface area contributed by atoms with Gasteiger partial charge in [-0.15, -0.1) is 10.2 Å². The molecule has 0 unspecified atom stereocenters. The van der Waals surface area contributed by atoms with E-state index in [1.165, 1.54) is 5.56 Å². The van der Waals surface area contributed by atoms with Gasteiger partial charge in [0.15, 0.2) is 11.0 Å². The molecule has 0 spiro atoms. The summed E-state index contributed by atoms with van der Waals surface area (Å²) < 4.78 is 2.12. The van der Waals surface area contributed by atoms with Crippen molar-refractivity contribution in [3.8, 4) is 17.1 Å². The molecule has 0 saturated heterocycles. The Labute approximate surface area is 174 Å². The largest absolute Gasteiger partial charge is 0.270 e. The lowest BCUT2D eigenvalue weighted by molar-refractivity contribution is 0.885. The summed E-state index contributed by atoms with van der Waals surface area (Å²) in [6.07, 6.45) is 1.02. The first kappa shape index (κ1) is 18.8. The molecule has 3 aromatic carbocycles. The van der Waals surface area contributed by atoms with E-state index in [2.05, 4.69) is 58.1 Å². The van der Waals surface area contributed by atoms with Gasteiger partial charge in [-0.05, 0) is 35.7 Å². The molecule has 0 bridgehead atoms. The van der Waals surface area contributed by atoms with Gasteiger partial charge in [0.2, 0.25) is 0 Å². The maximum atomic E-state index is 6.33. The van der Waals surface area contributed by atoms with Crippen molar-refractivity contribution in [2.24, 2.45) is 0 Å². The number of aromatic nitrogens is 3. The SMILES string of the molecule is CCc1ccc(-n2c(SCc3ccccc3Cl)nnc2-c2ccccc2)cc1. The summed E-state index contributed by atoms with van der Waals surface area (Å²) in [4.78, 5) is 0. The molecule has 0 N–H and O–H groups in total. The van der Waals surface area contributed by atoms with Gasteiger partial charge in [0.25, 0.3) is 0 Å². The lowest BCUT2D eigenvalue weighted by atomic mass is 10.1. The fourth-order valence-corrected chi connectivity index (χ4v) is 4.25. The second-order valence-electron chi connectivity index (χ2n) is 6.41. The molecule has 0 aliphatic heterocycles. The summed E-state index contributed by atoms with van der Waals surface area (Å²) in [5.74, 6) is 1.58. The molecule has 0 aliphatic carbocycles. The van der Waals surface area contributed by atoms with E-state index in [9.17, 15) is 0 Å². The van der Waals surface area contributed by atoms with Crippen LogP contribution in [0.3, 0.4) is 0 Å². The van der Waals surface area contributed by atoms with E-state index in [1.807, 2.05) is 42.5 Å². The minimum absolute atomic E-state index is 0.736. The van der Waals surface area contributed by atoms with Gasteiger partial charge in [0, 0.05) is 22.0 Å². The zero-order chi connectivity index (χ0) is 19.3. The zero-order valence-corrected chi connectivity index (χ0v) is 17.1. The van der Waals surface area contributed by atoms with Gasteiger partial charge in [-0.2, -0.15) is 0 Å². The monoisotopic (exact) mass is 405 g/mol. The predicted octanol–water partition coefficient (Wildman–Crippen LogP) is 6.44. The lowest BCUT2D eigenvalue weighted by Crippen LogP contribution is -2.00. The third kappa shape index (κ3) is 3.98. The van der Waals surface area contributed by atoms with Crippen molar-refractivity contribution in [1.29, 1.82) is 0 Å². The van der Waals surface area contributed by atoms with Crippen LogP contribution in [0, 0.1) is 0 Å². The summed E-state index contributed by atoms with van der Waals surface area (Å²) in [5.41, 5.74) is 4.50. The van der Waals surface area contributed by atoms with Crippen molar-refractivity contribution in [3.63, 3.8) is 0 Å². The van der Waals surface area contributed by atoms with Crippen LogP contribution in [0.5, 0.6) is 0 Å². The topological polar surface area (TPSA) is 30.7 Å². The Kier molecular flexibility index (Phi) is 5.79. The summed E-state index contributed by atoms with van der Waals surface area (Å²) in [5, 5.41) is 10.6. The quantitative estimate of drug-likeness (QED) is 0.346. The summed E-state index contributed by atoms with van der Waals surface area (Å²) in [7, 11) is 0. The van der Waals surface area contributed by atoms with Gasteiger partial charge in [-0.1, -0.05) is 91.0 Å². The highest BCUT2D eigenvalue weighted by molar-refractivity contribution is 7.98. The highest BCUT2D eigenvalue weighted by Crippen LogP contribution is 2.31. The highest BCUT2D eigenvalue weighted by atomic mass is 35.5. The van der Waals surface area contributed by atoms with E-state index in [-0.39, 0.29) is 0 Å². The Morgan fingerprint density at radius 3 is 2.29 bits per heavy atom. The molecule has 0 saturated carbocycles. The van der Waals surface area contributed by atoms with Gasteiger partial charge in [0.1, 0.15) is 0 Å². The average Bonchev–Trinajstić information content (AvgIpc) is 3.18. The Morgan fingerprint density at radius 2 is 1.57 bits per heavy atom. The van der Waals surface area contributed by atoms with Crippen LogP contribution < -0.4 is 0 Å². The van der Waals surface area contributed by atoms with E-state index >= 15 is 0 Å². The first-order valence-corrected chi connectivity index (χ1v) is 10.6. The molecule has 0 amide bonds. The van der Waals surface area contributed by atoms with Gasteiger partial charge in [-0.25, -0.2) is 0 Å². The second kappa shape index (κ2) is 8.63. The number of rotatable bonds is 6. The normalized spacial score (nSPS) is 10.9. The second-order valence-corrected chi connectivity index (χ2v) is 7.76. The number of hydrogen-bond donors (Lipinski definition) is 0. The van der Waals surface area contributed by atoms with E-state index < -0.39 is 0 Å². The standard InChI is InChI=1S/C23H20ClN3S/c1-2-17-12-14-20(15-13-17)27-22(18-8-4-3-5-9-18)25-26-23(27)28-16-19-10-6-7-11-21(19)24/h3-15H,2,16H2,1H3. The summed E-state index contributed by atoms with van der Waals surface area (Å²) >= 11 is 7.97. The van der Waals surface area contributed by atoms with Gasteiger partial charge in [0.05, 0.1) is 0 Å². The molecule has 0 aliphatic rings. The van der Waals surface area contributed by atoms with Crippen molar-refractivity contribution in [2.75, 3.05) is 0 Å². The minimum atomic E-state index is 0.736. The van der Waals surface area contributed by atoms with Crippen LogP contribution in [-0.2, 0) is 12.2 Å². The maximum absolute atomic E-state index is 6.33. The molecule has 0 fully saturated rings. The fraction of sp³-hybridized carbons (Fsp3) is 0.130. The van der Waals surface area contributed by atoms with Crippen molar-refractivity contribution in [3.05, 3.63) is 95.0 Å². The van der Waals surface area contributed by atoms with Gasteiger partial charge >= 0.3 is 0 Å². The Balaban J connectivity index is 1.73. The van der Waals surface area contributed by atoms with Crippen molar-refractivity contribution >= 4 is 23.4 Å². The van der Waals surface area contributed by atoms with E-state index in [0.29, 0.717) is 0 Å². The van der Waals surface area contributed by atoms with E-state index in [1.54, 1.807) is 11.8 Å². The molecule has 0 radical (unpaired) electrons. The molecule has 28 heavy (non-hydrogen) atoms. The average molecular weight is 406 g/mol. The molecule has 4 aromatic rings. The third-order valence-electron chi connectivity index (χ3n) is 4.58. The molecule has 140 valence electrons. The first-order valence-electron chi connectivity index (χ1n) is 9.22. The van der Waals surface area contributed by atoms with Gasteiger partial charge in [-0.3, -0.25) is 4.57 Å². The molecule has 4 rings (SSSR count). The number of nitrogens with zero attached hydrogens (tertiary/aromatic N) is 3. The van der Waals surface area contributed by atoms with Crippen molar-refractivity contribution in [2.45, 2.75) is 24.3 Å². The maximum Gasteiger partial charge on any atom is 0.196 e. The molecular weight excluding hydrogens is 386 g/mol. The van der Waals surface area contributed by atoms with Crippen LogP contribution in [0.15, 0.2) is 84.0 Å². The number of aryl methyl sites for hydroxylation is 1. The van der Waals surface area contributed by atoms with Gasteiger partial charge < -0.3 is 0 Å². The van der Waals surface area contributed by atoms with Crippen LogP contribution >= 0.6 is 23.4 Å². The number of thioether (sulfide) groups is 1. The van der Waals surface area contributed by atoms with Crippen LogP contribution in [0.2, 0.25) is 5.02 Å². The van der Waals surface area contributed by atoms with E-state index in [0.717, 1.165) is 45.0 Å². The van der Waals surface area contributed by atoms with Crippen LogP contribution in [0.1, 0.15) is 18.1 Å². The molecule has 1 aromatic heterocycles. The smallest absolute Gasteiger partial charge is 0.196 e. The number of hydrogen-bond acceptors (Lipinski definition) is 3. The Morgan fingerprint density at radius 1 is 0.857 bits per heavy atom. The fourth-order valence-electron chi connectivity index (χ4n) is 3.01. The molecule has 1 heterocycles.